The van der Waals surface area contributed by atoms with Gasteiger partial charge in [0.05, 0.1) is 10.7 Å². The summed E-state index contributed by atoms with van der Waals surface area (Å²) in [4.78, 5) is 0.975. The van der Waals surface area contributed by atoms with E-state index >= 15 is 0 Å². The number of rotatable bonds is 8. The summed E-state index contributed by atoms with van der Waals surface area (Å²) in [7, 11) is -4.89. The van der Waals surface area contributed by atoms with E-state index in [1.54, 1.807) is 35.3 Å². The summed E-state index contributed by atoms with van der Waals surface area (Å²) in [6, 6.07) is 16.1. The van der Waals surface area contributed by atoms with Gasteiger partial charge in [-0.2, -0.15) is 17.2 Å². The Morgan fingerprint density at radius 3 is 2.58 bits per heavy atom. The van der Waals surface area contributed by atoms with Gasteiger partial charge in [-0.25, -0.2) is 4.18 Å². The molecule has 0 bridgehead atoms. The molecule has 12 heteroatoms. The number of anilines is 1. The van der Waals surface area contributed by atoms with Crippen LogP contribution >= 0.6 is 23.1 Å². The van der Waals surface area contributed by atoms with Gasteiger partial charge < -0.3 is 4.90 Å². The number of fused-ring (bicyclic) bond motifs is 2. The van der Waals surface area contributed by atoms with Crippen LogP contribution in [0.1, 0.15) is 31.7 Å². The maximum atomic E-state index is 12.6. The summed E-state index contributed by atoms with van der Waals surface area (Å²) in [5, 5.41) is 1.93. The number of allylic oxidation sites excluding steroid dienone is 4. The smallest absolute Gasteiger partial charge is 0.303 e. The van der Waals surface area contributed by atoms with Gasteiger partial charge in [0.25, 0.3) is 15.1 Å². The third kappa shape index (κ3) is 5.75. The van der Waals surface area contributed by atoms with Crippen molar-refractivity contribution in [2.45, 2.75) is 43.1 Å². The van der Waals surface area contributed by atoms with E-state index in [2.05, 4.69) is 23.3 Å². The number of aryl methyl sites for hydroxylation is 1. The van der Waals surface area contributed by atoms with Crippen molar-refractivity contribution >= 4 is 66.6 Å². The predicted molar refractivity (Wildman–Crippen MR) is 162 cm³/mol. The molecule has 1 aliphatic heterocycles. The molecule has 2 aliphatic rings. The molecule has 2 N–H and O–H groups in total. The largest absolute Gasteiger partial charge is 0.335 e. The van der Waals surface area contributed by atoms with Crippen molar-refractivity contribution in [1.82, 2.24) is 0 Å². The van der Waals surface area contributed by atoms with Crippen LogP contribution in [0, 0.1) is 0 Å². The van der Waals surface area contributed by atoms with Crippen molar-refractivity contribution < 1.29 is 30.5 Å². The zero-order valence-corrected chi connectivity index (χ0v) is 25.2. The molecule has 1 aliphatic carbocycles. The lowest BCUT2D eigenvalue weighted by atomic mass is 9.91. The molecule has 5 rings (SSSR count). The molecular weight excluding hydrogens is 589 g/mol. The van der Waals surface area contributed by atoms with Crippen LogP contribution < -0.4 is 9.47 Å². The SMILES string of the molecule is CCN1C(=CC=C2C=C(C=Cc3sc4ccccc4[n+]3CC)CC(OS(=O)O)(S(=O)(=O)O)C2)Sc2ccccc21. The molecule has 3 aromatic rings. The predicted octanol–water partition coefficient (Wildman–Crippen LogP) is 6.08. The van der Waals surface area contributed by atoms with Crippen LogP contribution in [-0.2, 0) is 32.2 Å². The second-order valence-electron chi connectivity index (χ2n) is 9.31. The summed E-state index contributed by atoms with van der Waals surface area (Å²) in [5.41, 5.74) is 3.27. The molecule has 0 fully saturated rings. The summed E-state index contributed by atoms with van der Waals surface area (Å²) in [6.07, 6.45) is 8.61. The number of hydrogen-bond acceptors (Lipinski definition) is 7. The average Bonchev–Trinajstić information content (AvgIpc) is 3.46. The maximum absolute atomic E-state index is 12.6. The van der Waals surface area contributed by atoms with E-state index in [4.69, 9.17) is 4.18 Å². The molecule has 0 saturated heterocycles. The van der Waals surface area contributed by atoms with Crippen LogP contribution in [-0.4, -0.2) is 33.2 Å². The lowest BCUT2D eigenvalue weighted by molar-refractivity contribution is -0.665. The van der Waals surface area contributed by atoms with Crippen LogP contribution in [0.5, 0.6) is 0 Å². The molecule has 8 nitrogen and oxygen atoms in total. The summed E-state index contributed by atoms with van der Waals surface area (Å²) in [5.74, 6) is 0. The summed E-state index contributed by atoms with van der Waals surface area (Å²) < 4.78 is 65.0. The molecule has 0 spiro atoms. The van der Waals surface area contributed by atoms with Crippen molar-refractivity contribution in [3.63, 3.8) is 0 Å². The van der Waals surface area contributed by atoms with Gasteiger partial charge >= 0.3 is 11.4 Å². The summed E-state index contributed by atoms with van der Waals surface area (Å²) >= 11 is 0.292. The molecule has 0 amide bonds. The van der Waals surface area contributed by atoms with E-state index in [1.807, 2.05) is 66.8 Å². The average molecular weight is 618 g/mol. The quantitative estimate of drug-likeness (QED) is 0.178. The number of thioether (sulfide) groups is 1. The van der Waals surface area contributed by atoms with Crippen LogP contribution in [0.25, 0.3) is 16.3 Å². The zero-order valence-electron chi connectivity index (χ0n) is 21.9. The minimum absolute atomic E-state index is 0.291. The Morgan fingerprint density at radius 1 is 1.10 bits per heavy atom. The first kappa shape index (κ1) is 28.9. The van der Waals surface area contributed by atoms with Gasteiger partial charge in [-0.3, -0.25) is 9.11 Å². The van der Waals surface area contributed by atoms with Crippen molar-refractivity contribution in [2.75, 3.05) is 11.4 Å². The highest BCUT2D eigenvalue weighted by molar-refractivity contribution is 8.03. The fraction of sp³-hybridized carbons (Fsp3) is 0.250. The van der Waals surface area contributed by atoms with Gasteiger partial charge in [-0.1, -0.05) is 65.6 Å². The van der Waals surface area contributed by atoms with E-state index in [-0.39, 0.29) is 12.8 Å². The Morgan fingerprint density at radius 2 is 1.85 bits per heavy atom. The van der Waals surface area contributed by atoms with Gasteiger partial charge in [0, 0.05) is 36.4 Å². The molecule has 2 atom stereocenters. The minimum Gasteiger partial charge on any atom is -0.335 e. The second-order valence-corrected chi connectivity index (χ2v) is 13.7. The van der Waals surface area contributed by atoms with Gasteiger partial charge in [-0.05, 0) is 49.3 Å². The van der Waals surface area contributed by atoms with Crippen molar-refractivity contribution in [3.05, 3.63) is 94.0 Å². The van der Waals surface area contributed by atoms with Gasteiger partial charge in [-0.15, -0.1) is 0 Å². The van der Waals surface area contributed by atoms with Gasteiger partial charge in [0.15, 0.2) is 0 Å². The monoisotopic (exact) mass is 617 g/mol. The Labute approximate surface area is 244 Å². The molecule has 1 aromatic heterocycles. The van der Waals surface area contributed by atoms with Crippen LogP contribution in [0.2, 0.25) is 0 Å². The molecule has 210 valence electrons. The van der Waals surface area contributed by atoms with Gasteiger partial charge in [0.2, 0.25) is 10.4 Å². The molecule has 2 aromatic carbocycles. The maximum Gasteiger partial charge on any atom is 0.303 e. The fourth-order valence-corrected chi connectivity index (χ4v) is 8.87. The summed E-state index contributed by atoms with van der Waals surface area (Å²) in [6.45, 7) is 5.60. The third-order valence-electron chi connectivity index (χ3n) is 6.80. The lowest BCUT2D eigenvalue weighted by Crippen LogP contribution is -2.44. The molecular formula is C28H29N2O6S4+. The number of thiazole rings is 1. The van der Waals surface area contributed by atoms with E-state index in [0.717, 1.165) is 43.9 Å². The number of benzene rings is 2. The molecule has 40 heavy (non-hydrogen) atoms. The molecule has 2 heterocycles. The topological polar surface area (TPSA) is 108 Å². The number of aromatic nitrogens is 1. The fourth-order valence-electron chi connectivity index (χ4n) is 5.02. The van der Waals surface area contributed by atoms with Crippen LogP contribution in [0.4, 0.5) is 5.69 Å². The van der Waals surface area contributed by atoms with Crippen molar-refractivity contribution in [1.29, 1.82) is 0 Å². The van der Waals surface area contributed by atoms with E-state index in [1.165, 1.54) is 0 Å². The first-order valence-electron chi connectivity index (χ1n) is 12.7. The Balaban J connectivity index is 1.56. The first-order valence-corrected chi connectivity index (χ1v) is 16.8. The number of hydrogen-bond donors (Lipinski definition) is 2. The van der Waals surface area contributed by atoms with Crippen molar-refractivity contribution in [2.24, 2.45) is 0 Å². The molecule has 0 saturated carbocycles. The van der Waals surface area contributed by atoms with E-state index in [9.17, 15) is 21.7 Å². The highest BCUT2D eigenvalue weighted by Crippen LogP contribution is 2.46. The molecule has 2 unspecified atom stereocenters. The number of para-hydroxylation sites is 2. The minimum atomic E-state index is -4.89. The Kier molecular flexibility index (Phi) is 8.48. The normalized spacial score (nSPS) is 22.4. The Hall–Kier alpha value is -2.58. The van der Waals surface area contributed by atoms with Crippen LogP contribution in [0.3, 0.4) is 0 Å². The Bertz CT molecular complexity index is 1710. The standard InChI is InChI=1S/C28H28N2O6S4/c1-3-29-22-9-5-7-11-24(22)37-26(29)15-13-20-17-21(19-28(18-20,36-39(31)32)40(33,34)35)14-16-27-30(4-2)23-10-6-8-12-25(23)38-27/h5-17H,3-4,18-19H2,1-2H3,(H-,31,32,33,34,35)/p+1. The number of nitrogens with zero attached hydrogens (tertiary/aromatic N) is 2. The highest BCUT2D eigenvalue weighted by atomic mass is 32.2. The van der Waals surface area contributed by atoms with E-state index in [0.29, 0.717) is 11.1 Å². The van der Waals surface area contributed by atoms with Crippen molar-refractivity contribution in [3.8, 4) is 0 Å². The molecule has 0 radical (unpaired) electrons. The van der Waals surface area contributed by atoms with E-state index < -0.39 is 26.4 Å². The second kappa shape index (κ2) is 11.7. The lowest BCUT2D eigenvalue weighted by Gasteiger charge is -2.32. The zero-order chi connectivity index (χ0) is 28.5. The van der Waals surface area contributed by atoms with Crippen LogP contribution in [0.15, 0.2) is 93.9 Å². The first-order chi connectivity index (χ1) is 19.1. The highest BCUT2D eigenvalue weighted by Gasteiger charge is 2.49. The third-order valence-corrected chi connectivity index (χ3v) is 10.9. The van der Waals surface area contributed by atoms with Gasteiger partial charge in [0.1, 0.15) is 11.2 Å².